The van der Waals surface area contributed by atoms with Crippen molar-refractivity contribution in [1.29, 1.82) is 0 Å². The predicted octanol–water partition coefficient (Wildman–Crippen LogP) is 1.50. The van der Waals surface area contributed by atoms with Crippen LogP contribution in [0.4, 0.5) is 0 Å². The number of aliphatic carboxylic acids is 1. The van der Waals surface area contributed by atoms with Crippen molar-refractivity contribution < 1.29 is 14.3 Å². The van der Waals surface area contributed by atoms with Gasteiger partial charge < -0.3 is 14.4 Å². The van der Waals surface area contributed by atoms with E-state index in [4.69, 9.17) is 9.52 Å². The van der Waals surface area contributed by atoms with Crippen molar-refractivity contribution in [3.63, 3.8) is 0 Å². The molecule has 1 aliphatic rings. The number of nitrogens with zero attached hydrogens (tertiary/aromatic N) is 2. The van der Waals surface area contributed by atoms with E-state index in [0.717, 1.165) is 32.5 Å². The summed E-state index contributed by atoms with van der Waals surface area (Å²) in [5.41, 5.74) is 0. The molecule has 0 aromatic carbocycles. The second-order valence-corrected chi connectivity index (χ2v) is 4.44. The molecule has 1 N–H and O–H groups in total. The highest BCUT2D eigenvalue weighted by molar-refractivity contribution is 5.69. The van der Waals surface area contributed by atoms with E-state index in [2.05, 4.69) is 16.8 Å². The molecule has 0 spiro atoms. The molecule has 1 saturated heterocycles. The third-order valence-corrected chi connectivity index (χ3v) is 3.28. The van der Waals surface area contributed by atoms with Crippen molar-refractivity contribution in [2.75, 3.05) is 19.6 Å². The minimum Gasteiger partial charge on any atom is -0.481 e. The first kappa shape index (κ1) is 12.1. The lowest BCUT2D eigenvalue weighted by Crippen LogP contribution is -2.32. The van der Waals surface area contributed by atoms with Crippen LogP contribution < -0.4 is 0 Å². The topological polar surface area (TPSA) is 66.6 Å². The number of rotatable bonds is 4. The molecule has 0 atom stereocenters. The molecule has 0 radical (unpaired) electrons. The third-order valence-electron chi connectivity index (χ3n) is 3.28. The maximum atomic E-state index is 10.5. The van der Waals surface area contributed by atoms with Gasteiger partial charge in [-0.05, 0) is 32.5 Å². The Bertz CT molecular complexity index is 381. The number of carboxylic acid groups (broad SMARTS) is 1. The van der Waals surface area contributed by atoms with E-state index < -0.39 is 5.97 Å². The zero-order valence-corrected chi connectivity index (χ0v) is 10.1. The van der Waals surface area contributed by atoms with E-state index in [9.17, 15) is 4.79 Å². The van der Waals surface area contributed by atoms with Gasteiger partial charge in [-0.15, -0.1) is 0 Å². The zero-order valence-electron chi connectivity index (χ0n) is 10.1. The van der Waals surface area contributed by atoms with Crippen LogP contribution in [-0.2, 0) is 11.2 Å². The second-order valence-electron chi connectivity index (χ2n) is 4.44. The molecule has 1 aromatic rings. The fourth-order valence-corrected chi connectivity index (χ4v) is 2.24. The van der Waals surface area contributed by atoms with Crippen molar-refractivity contribution in [3.05, 3.63) is 17.8 Å². The van der Waals surface area contributed by atoms with Crippen LogP contribution in [0.2, 0.25) is 0 Å². The maximum absolute atomic E-state index is 10.5. The highest BCUT2D eigenvalue weighted by Gasteiger charge is 2.23. The van der Waals surface area contributed by atoms with Crippen LogP contribution in [0.5, 0.6) is 0 Å². The fourth-order valence-electron chi connectivity index (χ4n) is 2.24. The summed E-state index contributed by atoms with van der Waals surface area (Å²) < 4.78 is 5.49. The van der Waals surface area contributed by atoms with Gasteiger partial charge in [0.1, 0.15) is 12.2 Å². The van der Waals surface area contributed by atoms with E-state index >= 15 is 0 Å². The Balaban J connectivity index is 1.94. The summed E-state index contributed by atoms with van der Waals surface area (Å²) in [6.45, 7) is 5.38. The summed E-state index contributed by atoms with van der Waals surface area (Å²) in [5.74, 6) is 0.622. The average molecular weight is 238 g/mol. The molecule has 1 aliphatic heterocycles. The van der Waals surface area contributed by atoms with Crippen molar-refractivity contribution in [2.45, 2.75) is 32.1 Å². The Morgan fingerprint density at radius 2 is 2.29 bits per heavy atom. The average Bonchev–Trinajstić information content (AvgIpc) is 2.77. The van der Waals surface area contributed by atoms with E-state index in [-0.39, 0.29) is 6.42 Å². The first-order chi connectivity index (χ1) is 8.19. The molecule has 0 saturated carbocycles. The highest BCUT2D eigenvalue weighted by Crippen LogP contribution is 2.27. The first-order valence-electron chi connectivity index (χ1n) is 6.07. The lowest BCUT2D eigenvalue weighted by molar-refractivity contribution is -0.136. The highest BCUT2D eigenvalue weighted by atomic mass is 16.4. The van der Waals surface area contributed by atoms with Gasteiger partial charge in [-0.2, -0.15) is 0 Å². The normalized spacial score (nSPS) is 18.4. The lowest BCUT2D eigenvalue weighted by atomic mass is 9.97. The summed E-state index contributed by atoms with van der Waals surface area (Å²) in [4.78, 5) is 17.1. The Labute approximate surface area is 100 Å². The SMILES string of the molecule is CCN1CCC(c2ncc(CC(=O)O)o2)CC1. The van der Waals surface area contributed by atoms with Crippen LogP contribution in [0.25, 0.3) is 0 Å². The minimum atomic E-state index is -0.881. The van der Waals surface area contributed by atoms with Crippen molar-refractivity contribution in [3.8, 4) is 0 Å². The fraction of sp³-hybridized carbons (Fsp3) is 0.667. The smallest absolute Gasteiger partial charge is 0.311 e. The number of oxazole rings is 1. The Morgan fingerprint density at radius 3 is 2.88 bits per heavy atom. The quantitative estimate of drug-likeness (QED) is 0.861. The molecule has 5 nitrogen and oxygen atoms in total. The molecule has 17 heavy (non-hydrogen) atoms. The molecule has 2 heterocycles. The van der Waals surface area contributed by atoms with Gasteiger partial charge in [-0.25, -0.2) is 4.98 Å². The molecule has 0 unspecified atom stereocenters. The van der Waals surface area contributed by atoms with Crippen LogP contribution in [0, 0.1) is 0 Å². The van der Waals surface area contributed by atoms with Crippen molar-refractivity contribution >= 4 is 5.97 Å². The summed E-state index contributed by atoms with van der Waals surface area (Å²) in [7, 11) is 0. The van der Waals surface area contributed by atoms with Gasteiger partial charge in [-0.1, -0.05) is 6.92 Å². The Morgan fingerprint density at radius 1 is 1.59 bits per heavy atom. The van der Waals surface area contributed by atoms with Gasteiger partial charge in [-0.3, -0.25) is 4.79 Å². The van der Waals surface area contributed by atoms with E-state index in [1.54, 1.807) is 0 Å². The lowest BCUT2D eigenvalue weighted by Gasteiger charge is -2.29. The van der Waals surface area contributed by atoms with E-state index in [1.165, 1.54) is 6.20 Å². The van der Waals surface area contributed by atoms with Crippen LogP contribution in [0.15, 0.2) is 10.6 Å². The van der Waals surface area contributed by atoms with Crippen molar-refractivity contribution in [2.24, 2.45) is 0 Å². The zero-order chi connectivity index (χ0) is 12.3. The molecule has 0 aliphatic carbocycles. The molecule has 1 fully saturated rings. The van der Waals surface area contributed by atoms with Crippen molar-refractivity contribution in [1.82, 2.24) is 9.88 Å². The number of hydrogen-bond acceptors (Lipinski definition) is 4. The summed E-state index contributed by atoms with van der Waals surface area (Å²) in [6.07, 6.45) is 3.54. The molecule has 2 rings (SSSR count). The maximum Gasteiger partial charge on any atom is 0.311 e. The Hall–Kier alpha value is -1.36. The van der Waals surface area contributed by atoms with Crippen LogP contribution in [-0.4, -0.2) is 40.6 Å². The monoisotopic (exact) mass is 238 g/mol. The van der Waals surface area contributed by atoms with Gasteiger partial charge in [0.25, 0.3) is 0 Å². The van der Waals surface area contributed by atoms with Crippen LogP contribution in [0.3, 0.4) is 0 Å². The number of carbonyl (C=O) groups is 1. The second kappa shape index (κ2) is 5.31. The van der Waals surface area contributed by atoms with E-state index in [0.29, 0.717) is 17.6 Å². The molecule has 0 bridgehead atoms. The molecule has 94 valence electrons. The molecule has 1 aromatic heterocycles. The van der Waals surface area contributed by atoms with Gasteiger partial charge in [0.15, 0.2) is 5.89 Å². The summed E-state index contributed by atoms with van der Waals surface area (Å²) >= 11 is 0. The number of piperidine rings is 1. The number of aromatic nitrogens is 1. The molecule has 0 amide bonds. The predicted molar refractivity (Wildman–Crippen MR) is 61.9 cm³/mol. The molecular formula is C12H18N2O3. The van der Waals surface area contributed by atoms with E-state index in [1.807, 2.05) is 0 Å². The molecular weight excluding hydrogens is 220 g/mol. The van der Waals surface area contributed by atoms with Crippen LogP contribution in [0.1, 0.15) is 37.3 Å². The number of hydrogen-bond donors (Lipinski definition) is 1. The van der Waals surface area contributed by atoms with Gasteiger partial charge in [0.05, 0.1) is 6.20 Å². The number of likely N-dealkylation sites (tertiary alicyclic amines) is 1. The summed E-state index contributed by atoms with van der Waals surface area (Å²) in [5, 5.41) is 8.66. The van der Waals surface area contributed by atoms with Gasteiger partial charge in [0.2, 0.25) is 0 Å². The summed E-state index contributed by atoms with van der Waals surface area (Å²) in [6, 6.07) is 0. The molecule has 5 heteroatoms. The Kier molecular flexibility index (Phi) is 3.78. The first-order valence-corrected chi connectivity index (χ1v) is 6.07. The minimum absolute atomic E-state index is 0.0825. The standard InChI is InChI=1S/C12H18N2O3/c1-2-14-5-3-9(4-6-14)12-13-8-10(17-12)7-11(15)16/h8-9H,2-7H2,1H3,(H,15,16). The number of carboxylic acids is 1. The van der Waals surface area contributed by atoms with Crippen LogP contribution >= 0.6 is 0 Å². The van der Waals surface area contributed by atoms with Gasteiger partial charge >= 0.3 is 5.97 Å². The van der Waals surface area contributed by atoms with Gasteiger partial charge in [0, 0.05) is 5.92 Å². The third kappa shape index (κ3) is 3.06. The largest absolute Gasteiger partial charge is 0.481 e.